The van der Waals surface area contributed by atoms with E-state index in [0.717, 1.165) is 62.1 Å². The van der Waals surface area contributed by atoms with Crippen LogP contribution in [0.3, 0.4) is 0 Å². The number of hydrogen-bond acceptors (Lipinski definition) is 8. The Hall–Kier alpha value is -2.75. The van der Waals surface area contributed by atoms with Crippen molar-refractivity contribution in [3.05, 3.63) is 65.1 Å². The summed E-state index contributed by atoms with van der Waals surface area (Å²) in [6.07, 6.45) is 8.82. The zero-order valence-corrected chi connectivity index (χ0v) is 21.9. The summed E-state index contributed by atoms with van der Waals surface area (Å²) in [7, 11) is 3.89. The van der Waals surface area contributed by atoms with Crippen molar-refractivity contribution in [2.45, 2.75) is 51.2 Å². The molecule has 0 spiro atoms. The second-order valence-corrected chi connectivity index (χ2v) is 10.4. The summed E-state index contributed by atoms with van der Waals surface area (Å²) < 4.78 is 4.37. The lowest BCUT2D eigenvalue weighted by Crippen LogP contribution is -2.27. The maximum Gasteiger partial charge on any atom is 0.166 e. The quantitative estimate of drug-likeness (QED) is 0.408. The molecule has 0 aromatic carbocycles. The Morgan fingerprint density at radius 1 is 1.23 bits per heavy atom. The van der Waals surface area contributed by atoms with E-state index in [0.29, 0.717) is 0 Å². The first-order valence-corrected chi connectivity index (χ1v) is 12.9. The van der Waals surface area contributed by atoms with Crippen LogP contribution >= 0.6 is 11.9 Å². The fourth-order valence-electron chi connectivity index (χ4n) is 4.41. The summed E-state index contributed by atoms with van der Waals surface area (Å²) in [5.74, 6) is 1.89. The van der Waals surface area contributed by atoms with Gasteiger partial charge in [-0.25, -0.2) is 19.3 Å². The molecule has 186 valence electrons. The molecule has 0 unspecified atom stereocenters. The van der Waals surface area contributed by atoms with E-state index in [4.69, 9.17) is 0 Å². The van der Waals surface area contributed by atoms with Gasteiger partial charge in [0.05, 0.1) is 17.9 Å². The number of piperidine rings is 1. The standard InChI is InChI=1S/C13H15N5.C13H20N2OS/c1-14-5-10-3-2-4-16-13(10)18-7-11-6-15-9-17-12(11)8-18;1-10-4-6-15(7-5-10)17-13-8-12(9-16)14(3)11(13)2/h2-4,6,9,14H,5,7-8H2,1H3;8-10H,4-7H2,1-3H3. The summed E-state index contributed by atoms with van der Waals surface area (Å²) >= 11 is 1.80. The second-order valence-electron chi connectivity index (χ2n) is 9.27. The molecule has 0 atom stereocenters. The Bertz CT molecular complexity index is 1120. The monoisotopic (exact) mass is 493 g/mol. The Morgan fingerprint density at radius 3 is 2.71 bits per heavy atom. The zero-order chi connectivity index (χ0) is 24.8. The van der Waals surface area contributed by atoms with Gasteiger partial charge in [-0.1, -0.05) is 13.0 Å². The van der Waals surface area contributed by atoms with Crippen LogP contribution in [-0.4, -0.2) is 50.2 Å². The molecule has 0 bridgehead atoms. The normalized spacial score (nSPS) is 16.1. The minimum Gasteiger partial charge on any atom is -0.346 e. The van der Waals surface area contributed by atoms with Crippen LogP contribution in [0.25, 0.3) is 0 Å². The second kappa shape index (κ2) is 11.8. The third-order valence-corrected chi connectivity index (χ3v) is 7.97. The third kappa shape index (κ3) is 6.09. The highest BCUT2D eigenvalue weighted by molar-refractivity contribution is 7.97. The van der Waals surface area contributed by atoms with Crippen molar-refractivity contribution in [1.29, 1.82) is 0 Å². The van der Waals surface area contributed by atoms with E-state index in [-0.39, 0.29) is 0 Å². The molecule has 1 fully saturated rings. The van der Waals surface area contributed by atoms with Crippen LogP contribution < -0.4 is 10.2 Å². The number of carbonyl (C=O) groups excluding carboxylic acids is 1. The van der Waals surface area contributed by atoms with Gasteiger partial charge in [0.25, 0.3) is 0 Å². The number of anilines is 1. The molecule has 9 heteroatoms. The molecular weight excluding hydrogens is 458 g/mol. The van der Waals surface area contributed by atoms with E-state index >= 15 is 0 Å². The van der Waals surface area contributed by atoms with E-state index in [2.05, 4.69) is 49.4 Å². The van der Waals surface area contributed by atoms with E-state index in [1.54, 1.807) is 18.3 Å². The molecule has 8 nitrogen and oxygen atoms in total. The van der Waals surface area contributed by atoms with Gasteiger partial charge in [0, 0.05) is 67.3 Å². The fourth-order valence-corrected chi connectivity index (χ4v) is 5.52. The molecule has 0 saturated carbocycles. The van der Waals surface area contributed by atoms with Gasteiger partial charge in [0.15, 0.2) is 6.29 Å². The highest BCUT2D eigenvalue weighted by Gasteiger charge is 2.23. The van der Waals surface area contributed by atoms with Crippen molar-refractivity contribution in [2.75, 3.05) is 25.0 Å². The van der Waals surface area contributed by atoms with Crippen molar-refractivity contribution in [3.63, 3.8) is 0 Å². The van der Waals surface area contributed by atoms with E-state index < -0.39 is 0 Å². The maximum atomic E-state index is 10.9. The van der Waals surface area contributed by atoms with Gasteiger partial charge in [-0.05, 0) is 56.8 Å². The number of fused-ring (bicyclic) bond motifs is 1. The third-order valence-electron chi connectivity index (χ3n) is 6.73. The highest BCUT2D eigenvalue weighted by atomic mass is 32.2. The number of nitrogens with one attached hydrogen (secondary N) is 1. The fraction of sp³-hybridized carbons (Fsp3) is 0.462. The van der Waals surface area contributed by atoms with Gasteiger partial charge in [-0.2, -0.15) is 0 Å². The lowest BCUT2D eigenvalue weighted by molar-refractivity contribution is 0.111. The maximum absolute atomic E-state index is 10.9. The molecular formula is C26H35N7OS. The van der Waals surface area contributed by atoms with Crippen LogP contribution in [0, 0.1) is 12.8 Å². The molecule has 3 aromatic rings. The molecule has 35 heavy (non-hydrogen) atoms. The summed E-state index contributed by atoms with van der Waals surface area (Å²) in [4.78, 5) is 27.2. The van der Waals surface area contributed by atoms with Crippen LogP contribution in [0.4, 0.5) is 5.82 Å². The number of carbonyl (C=O) groups is 1. The van der Waals surface area contributed by atoms with Gasteiger partial charge in [-0.15, -0.1) is 0 Å². The molecule has 2 aliphatic rings. The number of rotatable bonds is 6. The molecule has 0 amide bonds. The van der Waals surface area contributed by atoms with Gasteiger partial charge in [0.2, 0.25) is 0 Å². The van der Waals surface area contributed by atoms with Gasteiger partial charge in [-0.3, -0.25) is 4.79 Å². The van der Waals surface area contributed by atoms with Crippen molar-refractivity contribution >= 4 is 24.1 Å². The first-order valence-electron chi connectivity index (χ1n) is 12.2. The Labute approximate surface area is 212 Å². The highest BCUT2D eigenvalue weighted by Crippen LogP contribution is 2.31. The summed E-state index contributed by atoms with van der Waals surface area (Å²) in [5, 5.41) is 3.17. The predicted octanol–water partition coefficient (Wildman–Crippen LogP) is 4.00. The average Bonchev–Trinajstić information content (AvgIpc) is 3.43. The summed E-state index contributed by atoms with van der Waals surface area (Å²) in [5.41, 5.74) is 5.44. The molecule has 1 saturated heterocycles. The van der Waals surface area contributed by atoms with Crippen molar-refractivity contribution in [1.82, 2.24) is 29.1 Å². The van der Waals surface area contributed by atoms with Crippen LogP contribution in [0.15, 0.2) is 41.8 Å². The largest absolute Gasteiger partial charge is 0.346 e. The topological polar surface area (TPSA) is 79.2 Å². The smallest absolute Gasteiger partial charge is 0.166 e. The molecule has 0 aliphatic carbocycles. The van der Waals surface area contributed by atoms with E-state index in [1.165, 1.54) is 34.6 Å². The summed E-state index contributed by atoms with van der Waals surface area (Å²) in [6, 6.07) is 6.07. The molecule has 5 rings (SSSR count). The van der Waals surface area contributed by atoms with Crippen LogP contribution in [0.2, 0.25) is 0 Å². The van der Waals surface area contributed by atoms with Crippen molar-refractivity contribution in [3.8, 4) is 0 Å². The molecule has 5 heterocycles. The molecule has 1 N–H and O–H groups in total. The van der Waals surface area contributed by atoms with E-state index in [9.17, 15) is 4.79 Å². The number of hydrogen-bond donors (Lipinski definition) is 1. The Kier molecular flexibility index (Phi) is 8.54. The van der Waals surface area contributed by atoms with Crippen molar-refractivity contribution in [2.24, 2.45) is 13.0 Å². The number of aromatic nitrogens is 4. The lowest BCUT2D eigenvalue weighted by Gasteiger charge is -2.28. The lowest BCUT2D eigenvalue weighted by atomic mass is 10.0. The molecule has 0 radical (unpaired) electrons. The van der Waals surface area contributed by atoms with Gasteiger partial charge < -0.3 is 14.8 Å². The number of pyridine rings is 1. The minimum atomic E-state index is 0.760. The Balaban J connectivity index is 0.000000165. The van der Waals surface area contributed by atoms with Crippen molar-refractivity contribution < 1.29 is 4.79 Å². The minimum absolute atomic E-state index is 0.760. The first kappa shape index (κ1) is 25.3. The Morgan fingerprint density at radius 2 is 2.03 bits per heavy atom. The van der Waals surface area contributed by atoms with Gasteiger partial charge in [0.1, 0.15) is 12.1 Å². The number of nitrogens with zero attached hydrogens (tertiary/aromatic N) is 6. The molecule has 2 aliphatic heterocycles. The average molecular weight is 494 g/mol. The first-order chi connectivity index (χ1) is 17.0. The van der Waals surface area contributed by atoms with Crippen LogP contribution in [0.1, 0.15) is 52.8 Å². The number of aldehydes is 1. The molecule has 3 aromatic heterocycles. The summed E-state index contributed by atoms with van der Waals surface area (Å²) in [6.45, 7) is 9.16. The predicted molar refractivity (Wildman–Crippen MR) is 140 cm³/mol. The van der Waals surface area contributed by atoms with E-state index in [1.807, 2.05) is 43.2 Å². The van der Waals surface area contributed by atoms with Crippen LogP contribution in [-0.2, 0) is 26.7 Å². The van der Waals surface area contributed by atoms with Gasteiger partial charge >= 0.3 is 0 Å². The SMILES string of the molecule is CNCc1cccnc1N1Cc2cncnc2C1.Cc1c(SN2CCC(C)CC2)cc(C=O)n1C. The zero-order valence-electron chi connectivity index (χ0n) is 21.1. The van der Waals surface area contributed by atoms with Crippen LogP contribution in [0.5, 0.6) is 0 Å².